The highest BCUT2D eigenvalue weighted by atomic mass is 32.1. The fraction of sp³-hybridized carbons (Fsp3) is 0.435. The Morgan fingerprint density at radius 3 is 2.79 bits per heavy atom. The van der Waals surface area contributed by atoms with Gasteiger partial charge in [0.1, 0.15) is 18.0 Å². The molecule has 0 saturated carbocycles. The van der Waals surface area contributed by atoms with Crippen molar-refractivity contribution in [3.05, 3.63) is 57.3 Å². The second-order valence-corrected chi connectivity index (χ2v) is 9.28. The number of benzene rings is 1. The van der Waals surface area contributed by atoms with Crippen LogP contribution < -0.4 is 4.74 Å². The van der Waals surface area contributed by atoms with Gasteiger partial charge in [-0.1, -0.05) is 12.1 Å². The molecule has 1 aromatic carbocycles. The van der Waals surface area contributed by atoms with Crippen LogP contribution in [0.3, 0.4) is 0 Å². The van der Waals surface area contributed by atoms with E-state index in [0.717, 1.165) is 29.8 Å². The Balaban J connectivity index is 1.93. The molecule has 0 spiro atoms. The van der Waals surface area contributed by atoms with Crippen molar-refractivity contribution in [3.8, 4) is 5.75 Å². The number of hydrogen-bond acceptors (Lipinski definition) is 5. The number of rotatable bonds is 5. The van der Waals surface area contributed by atoms with Gasteiger partial charge in [-0.25, -0.2) is 0 Å². The van der Waals surface area contributed by atoms with Crippen LogP contribution in [0.4, 0.5) is 0 Å². The first-order valence-electron chi connectivity index (χ1n) is 9.62. The number of nitrogens with zero attached hydrogens (tertiary/aromatic N) is 1. The van der Waals surface area contributed by atoms with Gasteiger partial charge in [-0.2, -0.15) is 0 Å². The molecule has 2 aromatic rings. The summed E-state index contributed by atoms with van der Waals surface area (Å²) in [7, 11) is 4.16. The van der Waals surface area contributed by atoms with Crippen molar-refractivity contribution in [2.75, 3.05) is 20.6 Å². The number of carbonyl (C=O) groups excluding carboxylic acids is 1. The van der Waals surface area contributed by atoms with Crippen LogP contribution in [0.2, 0.25) is 0 Å². The number of carbonyl (C=O) groups is 1. The molecule has 0 radical (unpaired) electrons. The molecule has 1 aliphatic heterocycles. The smallest absolute Gasteiger partial charge is 0.310 e. The Kier molecular flexibility index (Phi) is 6.26. The Bertz CT molecular complexity index is 874. The molecule has 1 aliphatic rings. The highest BCUT2D eigenvalue weighted by Crippen LogP contribution is 2.40. The van der Waals surface area contributed by atoms with Gasteiger partial charge in [0, 0.05) is 22.5 Å². The topological polar surface area (TPSA) is 38.8 Å². The maximum Gasteiger partial charge on any atom is 0.310 e. The van der Waals surface area contributed by atoms with Gasteiger partial charge in [0.15, 0.2) is 0 Å². The van der Waals surface area contributed by atoms with Gasteiger partial charge in [-0.15, -0.1) is 11.3 Å². The number of hydrogen-bond donors (Lipinski definition) is 0. The lowest BCUT2D eigenvalue weighted by Gasteiger charge is -2.19. The van der Waals surface area contributed by atoms with Crippen LogP contribution in [0, 0.1) is 0 Å². The van der Waals surface area contributed by atoms with Crippen molar-refractivity contribution in [1.82, 2.24) is 4.90 Å². The quantitative estimate of drug-likeness (QED) is 0.670. The lowest BCUT2D eigenvalue weighted by molar-refractivity contribution is -0.153. The van der Waals surface area contributed by atoms with Crippen molar-refractivity contribution in [3.63, 3.8) is 0 Å². The van der Waals surface area contributed by atoms with E-state index >= 15 is 0 Å². The first-order valence-corrected chi connectivity index (χ1v) is 10.5. The van der Waals surface area contributed by atoms with Gasteiger partial charge < -0.3 is 14.4 Å². The van der Waals surface area contributed by atoms with E-state index < -0.39 is 5.60 Å². The monoisotopic (exact) mass is 399 g/mol. The van der Waals surface area contributed by atoms with Gasteiger partial charge in [0.25, 0.3) is 0 Å². The molecule has 0 unspecified atom stereocenters. The van der Waals surface area contributed by atoms with Crippen molar-refractivity contribution in [2.24, 2.45) is 0 Å². The summed E-state index contributed by atoms with van der Waals surface area (Å²) in [4.78, 5) is 15.7. The molecule has 5 heteroatoms. The van der Waals surface area contributed by atoms with E-state index in [0.29, 0.717) is 6.61 Å². The highest BCUT2D eigenvalue weighted by molar-refractivity contribution is 7.11. The Hall–Kier alpha value is -2.11. The maximum atomic E-state index is 12.3. The first kappa shape index (κ1) is 20.6. The van der Waals surface area contributed by atoms with Crippen molar-refractivity contribution < 1.29 is 14.3 Å². The number of thiophene rings is 1. The van der Waals surface area contributed by atoms with Gasteiger partial charge >= 0.3 is 5.97 Å². The second-order valence-electron chi connectivity index (χ2n) is 8.37. The van der Waals surface area contributed by atoms with E-state index in [9.17, 15) is 4.79 Å². The molecular formula is C23H29NO3S. The van der Waals surface area contributed by atoms with Gasteiger partial charge in [0.2, 0.25) is 0 Å². The van der Waals surface area contributed by atoms with E-state index in [4.69, 9.17) is 9.47 Å². The van der Waals surface area contributed by atoms with Crippen molar-refractivity contribution >= 4 is 22.9 Å². The highest BCUT2D eigenvalue weighted by Gasteiger charge is 2.22. The van der Waals surface area contributed by atoms with Crippen molar-refractivity contribution in [2.45, 2.75) is 45.8 Å². The average Bonchev–Trinajstić information content (AvgIpc) is 2.98. The van der Waals surface area contributed by atoms with Crippen LogP contribution >= 0.6 is 11.3 Å². The Morgan fingerprint density at radius 2 is 2.07 bits per heavy atom. The zero-order valence-corrected chi connectivity index (χ0v) is 18.2. The predicted octanol–water partition coefficient (Wildman–Crippen LogP) is 4.91. The summed E-state index contributed by atoms with van der Waals surface area (Å²) in [5, 5.41) is 2.11. The summed E-state index contributed by atoms with van der Waals surface area (Å²) in [5.74, 6) is 0.657. The summed E-state index contributed by atoms with van der Waals surface area (Å²) < 4.78 is 11.6. The largest absolute Gasteiger partial charge is 0.488 e. The third kappa shape index (κ3) is 5.24. The van der Waals surface area contributed by atoms with Gasteiger partial charge in [0.05, 0.1) is 6.42 Å². The average molecular weight is 400 g/mol. The second kappa shape index (κ2) is 8.50. The summed E-state index contributed by atoms with van der Waals surface area (Å²) in [5.41, 5.74) is 3.93. The van der Waals surface area contributed by atoms with E-state index in [-0.39, 0.29) is 12.4 Å². The Labute approximate surface area is 171 Å². The number of esters is 1. The minimum atomic E-state index is -0.477. The van der Waals surface area contributed by atoms with Crippen LogP contribution in [-0.2, 0) is 22.6 Å². The predicted molar refractivity (Wildman–Crippen MR) is 115 cm³/mol. The van der Waals surface area contributed by atoms with Crippen LogP contribution in [-0.4, -0.2) is 37.1 Å². The fourth-order valence-corrected chi connectivity index (χ4v) is 4.17. The SMILES string of the molecule is CN(C)CCC=C1c2cc(CC(=O)OC(C)(C)C)ccc2OCc2ccsc21. The fourth-order valence-electron chi connectivity index (χ4n) is 3.20. The van der Waals surface area contributed by atoms with Crippen LogP contribution in [0.15, 0.2) is 35.7 Å². The zero-order chi connectivity index (χ0) is 20.3. The molecule has 0 saturated heterocycles. The van der Waals surface area contributed by atoms with E-state index in [1.54, 1.807) is 11.3 Å². The molecule has 0 atom stereocenters. The lowest BCUT2D eigenvalue weighted by Crippen LogP contribution is -2.24. The first-order chi connectivity index (χ1) is 13.2. The molecular weight excluding hydrogens is 370 g/mol. The molecule has 0 fully saturated rings. The minimum Gasteiger partial charge on any atom is -0.488 e. The van der Waals surface area contributed by atoms with Crippen molar-refractivity contribution in [1.29, 1.82) is 0 Å². The van der Waals surface area contributed by atoms with Gasteiger partial charge in [-0.3, -0.25) is 4.79 Å². The summed E-state index contributed by atoms with van der Waals surface area (Å²) >= 11 is 1.74. The number of fused-ring (bicyclic) bond motifs is 2. The Morgan fingerprint density at radius 1 is 1.29 bits per heavy atom. The molecule has 0 amide bonds. The van der Waals surface area contributed by atoms with E-state index in [2.05, 4.69) is 42.6 Å². The summed E-state index contributed by atoms with van der Waals surface area (Å²) in [6.07, 6.45) is 3.50. The summed E-state index contributed by atoms with van der Waals surface area (Å²) in [6, 6.07) is 8.15. The normalized spacial score (nSPS) is 15.0. The molecule has 0 bridgehead atoms. The lowest BCUT2D eigenvalue weighted by atomic mass is 9.97. The van der Waals surface area contributed by atoms with Crippen LogP contribution in [0.5, 0.6) is 5.75 Å². The molecule has 4 nitrogen and oxygen atoms in total. The molecule has 150 valence electrons. The molecule has 3 rings (SSSR count). The molecule has 0 aliphatic carbocycles. The maximum absolute atomic E-state index is 12.3. The molecule has 2 heterocycles. The molecule has 1 aromatic heterocycles. The third-order valence-corrected chi connectivity index (χ3v) is 5.39. The molecule has 0 N–H and O–H groups in total. The van der Waals surface area contributed by atoms with Crippen LogP contribution in [0.25, 0.3) is 5.57 Å². The standard InChI is InChI=1S/C23H29NO3S/c1-23(2,3)27-21(25)14-16-8-9-20-19(13-16)18(7-6-11-24(4)5)22-17(15-26-20)10-12-28-22/h7-10,12-13H,6,11,14-15H2,1-5H3. The number of ether oxygens (including phenoxy) is 2. The van der Waals surface area contributed by atoms with E-state index in [1.165, 1.54) is 16.0 Å². The van der Waals surface area contributed by atoms with Gasteiger partial charge in [-0.05, 0) is 76.0 Å². The zero-order valence-electron chi connectivity index (χ0n) is 17.4. The third-order valence-electron chi connectivity index (χ3n) is 4.40. The molecule has 28 heavy (non-hydrogen) atoms. The van der Waals surface area contributed by atoms with E-state index in [1.807, 2.05) is 32.9 Å². The summed E-state index contributed by atoms with van der Waals surface area (Å²) in [6.45, 7) is 7.22. The minimum absolute atomic E-state index is 0.211. The van der Waals surface area contributed by atoms with Crippen LogP contribution in [0.1, 0.15) is 48.8 Å².